The van der Waals surface area contributed by atoms with Crippen molar-refractivity contribution >= 4 is 17.6 Å². The van der Waals surface area contributed by atoms with Gasteiger partial charge in [-0.15, -0.1) is 0 Å². The zero-order valence-electron chi connectivity index (χ0n) is 17.5. The molecular weight excluding hydrogens is 427 g/mol. The van der Waals surface area contributed by atoms with Crippen molar-refractivity contribution in [3.8, 4) is 0 Å². The molecule has 0 saturated carbocycles. The summed E-state index contributed by atoms with van der Waals surface area (Å²) in [5.74, 6) is -2.53. The zero-order valence-corrected chi connectivity index (χ0v) is 17.5. The number of anilines is 1. The van der Waals surface area contributed by atoms with E-state index in [-0.39, 0.29) is 11.3 Å². The molecule has 0 aromatic carbocycles. The number of aryl methyl sites for hydroxylation is 1. The number of nitrogens with zero attached hydrogens (tertiary/aromatic N) is 5. The minimum Gasteiger partial charge on any atom is -0.475 e. The number of carbonyl (C=O) groups excluding carboxylic acids is 1. The van der Waals surface area contributed by atoms with Crippen LogP contribution in [-0.4, -0.2) is 62.6 Å². The molecule has 4 rings (SSSR count). The maximum absolute atomic E-state index is 13.2. The van der Waals surface area contributed by atoms with E-state index in [4.69, 9.17) is 9.90 Å². The van der Waals surface area contributed by atoms with E-state index in [0.29, 0.717) is 0 Å². The van der Waals surface area contributed by atoms with E-state index in [1.54, 1.807) is 12.4 Å². The lowest BCUT2D eigenvalue weighted by Gasteiger charge is -2.38. The number of rotatable bonds is 3. The van der Waals surface area contributed by atoms with Crippen LogP contribution in [0.15, 0.2) is 36.9 Å². The van der Waals surface area contributed by atoms with Crippen molar-refractivity contribution < 1.29 is 27.9 Å². The van der Waals surface area contributed by atoms with Gasteiger partial charge in [0, 0.05) is 25.3 Å². The Bertz CT molecular complexity index is 957. The van der Waals surface area contributed by atoms with E-state index < -0.39 is 12.1 Å². The Kier molecular flexibility index (Phi) is 7.07. The molecule has 2 aliphatic rings. The fraction of sp³-hybridized carbons (Fsp3) is 0.476. The van der Waals surface area contributed by atoms with Gasteiger partial charge in [-0.3, -0.25) is 14.7 Å². The molecule has 2 fully saturated rings. The topological polar surface area (TPSA) is 99.5 Å². The molecule has 2 saturated heterocycles. The maximum Gasteiger partial charge on any atom is 0.490 e. The molecule has 1 amide bonds. The van der Waals surface area contributed by atoms with Gasteiger partial charge in [-0.1, -0.05) is 6.07 Å². The number of aromatic nitrogens is 3. The highest BCUT2D eigenvalue weighted by molar-refractivity contribution is 5.99. The summed E-state index contributed by atoms with van der Waals surface area (Å²) in [5.41, 5.74) is 2.66. The van der Waals surface area contributed by atoms with Crippen LogP contribution in [0.2, 0.25) is 0 Å². The molecule has 0 bridgehead atoms. The number of pyridine rings is 1. The number of hydrogen-bond acceptors (Lipinski definition) is 6. The molecule has 1 unspecified atom stereocenters. The molecule has 1 spiro atoms. The van der Waals surface area contributed by atoms with Crippen LogP contribution >= 0.6 is 0 Å². The molecule has 172 valence electrons. The molecule has 2 aromatic heterocycles. The van der Waals surface area contributed by atoms with E-state index in [1.165, 1.54) is 6.33 Å². The van der Waals surface area contributed by atoms with Gasteiger partial charge in [-0.05, 0) is 44.9 Å². The number of carbonyl (C=O) groups is 2. The Morgan fingerprint density at radius 2 is 1.88 bits per heavy atom. The van der Waals surface area contributed by atoms with Gasteiger partial charge in [0.1, 0.15) is 6.33 Å². The monoisotopic (exact) mass is 451 g/mol. The van der Waals surface area contributed by atoms with Crippen LogP contribution in [0.25, 0.3) is 0 Å². The van der Waals surface area contributed by atoms with Gasteiger partial charge in [0.15, 0.2) is 0 Å². The second-order valence-electron chi connectivity index (χ2n) is 7.97. The second kappa shape index (κ2) is 9.60. The number of halogens is 3. The summed E-state index contributed by atoms with van der Waals surface area (Å²) in [6, 6.07) is 6.13. The standard InChI is InChI=1S/C19H23N5O.C2HF3O2/c1-15-4-2-5-16(22-15)12-23-8-3-6-19(13-23)7-9-24(18(19)25)17-10-20-14-21-11-17;3-2(4,5)1(6)7/h2,4-5,10-11,14H,3,6-9,12-13H2,1H3;(H,6,7). The van der Waals surface area contributed by atoms with Crippen molar-refractivity contribution in [2.75, 3.05) is 24.5 Å². The van der Waals surface area contributed by atoms with Crippen molar-refractivity contribution in [1.82, 2.24) is 19.9 Å². The predicted octanol–water partition coefficient (Wildman–Crippen LogP) is 2.83. The highest BCUT2D eigenvalue weighted by Gasteiger charge is 2.49. The molecule has 0 aliphatic carbocycles. The number of hydrogen-bond donors (Lipinski definition) is 1. The van der Waals surface area contributed by atoms with E-state index >= 15 is 0 Å². The molecule has 1 N–H and O–H groups in total. The SMILES string of the molecule is Cc1cccc(CN2CCCC3(CCN(c4cncnc4)C3=O)C2)n1.O=C(O)C(F)(F)F. The van der Waals surface area contributed by atoms with Crippen molar-refractivity contribution in [1.29, 1.82) is 0 Å². The molecule has 4 heterocycles. The fourth-order valence-electron chi connectivity index (χ4n) is 4.15. The van der Waals surface area contributed by atoms with Gasteiger partial charge >= 0.3 is 12.1 Å². The summed E-state index contributed by atoms with van der Waals surface area (Å²) in [6.45, 7) is 5.42. The van der Waals surface area contributed by atoms with Crippen molar-refractivity contribution in [3.63, 3.8) is 0 Å². The molecule has 1 atom stereocenters. The number of aliphatic carboxylic acids is 1. The van der Waals surface area contributed by atoms with Crippen molar-refractivity contribution in [2.45, 2.75) is 38.9 Å². The summed E-state index contributed by atoms with van der Waals surface area (Å²) in [7, 11) is 0. The molecular formula is C21H24F3N5O3. The smallest absolute Gasteiger partial charge is 0.475 e. The summed E-state index contributed by atoms with van der Waals surface area (Å²) < 4.78 is 31.7. The van der Waals surface area contributed by atoms with Crippen molar-refractivity contribution in [3.05, 3.63) is 48.3 Å². The number of carboxylic acids is 1. The van der Waals surface area contributed by atoms with E-state index in [1.807, 2.05) is 17.9 Å². The van der Waals surface area contributed by atoms with Gasteiger partial charge in [0.25, 0.3) is 0 Å². The summed E-state index contributed by atoms with van der Waals surface area (Å²) in [6.07, 6.45) is 2.78. The fourth-order valence-corrected chi connectivity index (χ4v) is 4.15. The van der Waals surface area contributed by atoms with Crippen LogP contribution in [0.5, 0.6) is 0 Å². The Labute approximate surface area is 183 Å². The Morgan fingerprint density at radius 3 is 2.50 bits per heavy atom. The Morgan fingerprint density at radius 1 is 1.19 bits per heavy atom. The first-order chi connectivity index (χ1) is 15.1. The third-order valence-electron chi connectivity index (χ3n) is 5.60. The lowest BCUT2D eigenvalue weighted by Crippen LogP contribution is -2.47. The zero-order chi connectivity index (χ0) is 23.4. The maximum atomic E-state index is 13.2. The predicted molar refractivity (Wildman–Crippen MR) is 109 cm³/mol. The van der Waals surface area contributed by atoms with Gasteiger partial charge in [0.2, 0.25) is 5.91 Å². The summed E-state index contributed by atoms with van der Waals surface area (Å²) in [5, 5.41) is 7.12. The molecule has 11 heteroatoms. The molecule has 0 radical (unpaired) electrons. The second-order valence-corrected chi connectivity index (χ2v) is 7.97. The minimum atomic E-state index is -5.08. The number of piperidine rings is 1. The minimum absolute atomic E-state index is 0.226. The number of amides is 1. The first-order valence-corrected chi connectivity index (χ1v) is 10.1. The van der Waals surface area contributed by atoms with Gasteiger partial charge < -0.3 is 10.0 Å². The van der Waals surface area contributed by atoms with Crippen molar-refractivity contribution in [2.24, 2.45) is 5.41 Å². The van der Waals surface area contributed by atoms with Crippen LogP contribution in [-0.2, 0) is 16.1 Å². The molecule has 8 nitrogen and oxygen atoms in total. The van der Waals surface area contributed by atoms with E-state index in [2.05, 4.69) is 32.0 Å². The van der Waals surface area contributed by atoms with E-state index in [0.717, 1.165) is 62.5 Å². The van der Waals surface area contributed by atoms with Gasteiger partial charge in [0.05, 0.1) is 29.2 Å². The van der Waals surface area contributed by atoms with Crippen LogP contribution in [0.4, 0.5) is 18.9 Å². The van der Waals surface area contributed by atoms with Gasteiger partial charge in [-0.25, -0.2) is 14.8 Å². The van der Waals surface area contributed by atoms with Crippen LogP contribution in [0.3, 0.4) is 0 Å². The molecule has 2 aromatic rings. The average Bonchev–Trinajstić information content (AvgIpc) is 3.04. The summed E-state index contributed by atoms with van der Waals surface area (Å²) >= 11 is 0. The first-order valence-electron chi connectivity index (χ1n) is 10.1. The highest BCUT2D eigenvalue weighted by Crippen LogP contribution is 2.41. The third-order valence-corrected chi connectivity index (χ3v) is 5.60. The number of carboxylic acid groups (broad SMARTS) is 1. The van der Waals surface area contributed by atoms with Crippen LogP contribution < -0.4 is 4.90 Å². The lowest BCUT2D eigenvalue weighted by atomic mass is 9.78. The molecule has 32 heavy (non-hydrogen) atoms. The first kappa shape index (κ1) is 23.6. The van der Waals surface area contributed by atoms with Gasteiger partial charge in [-0.2, -0.15) is 13.2 Å². The Balaban J connectivity index is 0.000000360. The van der Waals surface area contributed by atoms with E-state index in [9.17, 15) is 18.0 Å². The largest absolute Gasteiger partial charge is 0.490 e. The number of likely N-dealkylation sites (tertiary alicyclic amines) is 1. The third kappa shape index (κ3) is 5.58. The van der Waals surface area contributed by atoms with Crippen LogP contribution in [0.1, 0.15) is 30.7 Å². The molecule has 2 aliphatic heterocycles. The summed E-state index contributed by atoms with van der Waals surface area (Å²) in [4.78, 5) is 39.0. The number of alkyl halides is 3. The highest BCUT2D eigenvalue weighted by atomic mass is 19.4. The van der Waals surface area contributed by atoms with Crippen LogP contribution in [0, 0.1) is 12.3 Å². The lowest BCUT2D eigenvalue weighted by molar-refractivity contribution is -0.192. The average molecular weight is 451 g/mol. The quantitative estimate of drug-likeness (QED) is 0.766. The normalized spacial score (nSPS) is 21.4. The Hall–Kier alpha value is -3.08.